The van der Waals surface area contributed by atoms with Gasteiger partial charge < -0.3 is 9.52 Å². The molecule has 0 fully saturated rings. The molecule has 0 bridgehead atoms. The first kappa shape index (κ1) is 11.4. The Morgan fingerprint density at radius 3 is 2.71 bits per heavy atom. The summed E-state index contributed by atoms with van der Waals surface area (Å²) >= 11 is 0. The highest BCUT2D eigenvalue weighted by molar-refractivity contribution is 5.76. The van der Waals surface area contributed by atoms with Crippen LogP contribution in [-0.4, -0.2) is 16.1 Å². The molecule has 0 amide bonds. The molecule has 0 saturated carbocycles. The average molecular weight is 231 g/mol. The normalized spacial score (nSPS) is 12.2. The molecule has 0 spiro atoms. The lowest BCUT2D eigenvalue weighted by Gasteiger charge is -2.11. The van der Waals surface area contributed by atoms with E-state index in [2.05, 4.69) is 4.98 Å². The van der Waals surface area contributed by atoms with Crippen molar-refractivity contribution in [1.82, 2.24) is 4.98 Å². The van der Waals surface area contributed by atoms with Gasteiger partial charge in [-0.2, -0.15) is 0 Å². The summed E-state index contributed by atoms with van der Waals surface area (Å²) in [7, 11) is 0. The molecule has 4 nitrogen and oxygen atoms in total. The number of hydrogen-bond donors (Lipinski definition) is 1. The number of benzene rings is 1. The molecule has 4 heteroatoms. The fourth-order valence-corrected chi connectivity index (χ4v) is 1.76. The van der Waals surface area contributed by atoms with Crippen LogP contribution in [0, 0.1) is 0 Å². The van der Waals surface area contributed by atoms with Crippen molar-refractivity contribution in [2.75, 3.05) is 0 Å². The van der Waals surface area contributed by atoms with Gasteiger partial charge in [0.1, 0.15) is 6.26 Å². The van der Waals surface area contributed by atoms with Crippen LogP contribution in [0.2, 0.25) is 0 Å². The molecule has 0 aliphatic rings. The van der Waals surface area contributed by atoms with Crippen LogP contribution < -0.4 is 0 Å². The third-order valence-corrected chi connectivity index (χ3v) is 2.63. The van der Waals surface area contributed by atoms with E-state index in [0.717, 1.165) is 5.56 Å². The van der Waals surface area contributed by atoms with Crippen molar-refractivity contribution >= 4 is 5.97 Å². The van der Waals surface area contributed by atoms with Gasteiger partial charge in [-0.1, -0.05) is 30.3 Å². The van der Waals surface area contributed by atoms with Crippen molar-refractivity contribution in [3.63, 3.8) is 0 Å². The molecule has 17 heavy (non-hydrogen) atoms. The number of carboxylic acid groups (broad SMARTS) is 1. The van der Waals surface area contributed by atoms with E-state index in [1.807, 2.05) is 30.3 Å². The number of aromatic nitrogens is 1. The molecule has 1 N–H and O–H groups in total. The maximum absolute atomic E-state index is 11.2. The maximum Gasteiger partial charge on any atom is 0.310 e. The topological polar surface area (TPSA) is 63.3 Å². The number of hydrogen-bond acceptors (Lipinski definition) is 3. The second-order valence-corrected chi connectivity index (χ2v) is 3.77. The van der Waals surface area contributed by atoms with Gasteiger partial charge in [0.15, 0.2) is 5.89 Å². The second kappa shape index (κ2) is 5.30. The van der Waals surface area contributed by atoms with Gasteiger partial charge in [-0.15, -0.1) is 0 Å². The minimum absolute atomic E-state index is 0.486. The molecule has 1 aromatic heterocycles. The van der Waals surface area contributed by atoms with Crippen LogP contribution in [0.5, 0.6) is 0 Å². The molecule has 2 aromatic rings. The zero-order valence-corrected chi connectivity index (χ0v) is 9.24. The maximum atomic E-state index is 11.2. The molecule has 0 aliphatic heterocycles. The van der Waals surface area contributed by atoms with Gasteiger partial charge in [0.05, 0.1) is 12.1 Å². The Kier molecular flexibility index (Phi) is 3.55. The van der Waals surface area contributed by atoms with E-state index in [1.54, 1.807) is 6.20 Å². The van der Waals surface area contributed by atoms with Crippen LogP contribution in [0.4, 0.5) is 0 Å². The van der Waals surface area contributed by atoms with E-state index >= 15 is 0 Å². The van der Waals surface area contributed by atoms with Crippen LogP contribution in [0.15, 0.2) is 47.2 Å². The molecule has 1 aromatic carbocycles. The zero-order chi connectivity index (χ0) is 12.1. The zero-order valence-electron chi connectivity index (χ0n) is 9.24. The van der Waals surface area contributed by atoms with Crippen LogP contribution >= 0.6 is 0 Å². The summed E-state index contributed by atoms with van der Waals surface area (Å²) in [5, 5.41) is 9.20. The summed E-state index contributed by atoms with van der Waals surface area (Å²) in [5.41, 5.74) is 0.812. The lowest BCUT2D eigenvalue weighted by Crippen LogP contribution is -2.12. The quantitative estimate of drug-likeness (QED) is 0.858. The predicted octanol–water partition coefficient (Wildman–Crippen LogP) is 2.48. The lowest BCUT2D eigenvalue weighted by molar-refractivity contribution is -0.139. The number of carboxylic acids is 1. The number of aryl methyl sites for hydroxylation is 1. The van der Waals surface area contributed by atoms with Crippen molar-refractivity contribution < 1.29 is 14.3 Å². The van der Waals surface area contributed by atoms with Gasteiger partial charge in [-0.3, -0.25) is 4.79 Å². The molecule has 0 saturated heterocycles. The third kappa shape index (κ3) is 2.93. The van der Waals surface area contributed by atoms with E-state index < -0.39 is 11.9 Å². The van der Waals surface area contributed by atoms with Gasteiger partial charge in [0, 0.05) is 6.42 Å². The molecule has 1 unspecified atom stereocenters. The van der Waals surface area contributed by atoms with Gasteiger partial charge in [-0.25, -0.2) is 4.98 Å². The molecule has 1 heterocycles. The van der Waals surface area contributed by atoms with Crippen molar-refractivity contribution in [2.24, 2.45) is 0 Å². The van der Waals surface area contributed by atoms with Crippen LogP contribution in [-0.2, 0) is 11.2 Å². The molecule has 88 valence electrons. The standard InChI is InChI=1S/C13H13NO3/c15-13(16)11(10-4-2-1-3-5-10)6-7-12-14-8-9-17-12/h1-5,8-9,11H,6-7H2,(H,15,16). The lowest BCUT2D eigenvalue weighted by atomic mass is 9.94. The van der Waals surface area contributed by atoms with Crippen molar-refractivity contribution in [1.29, 1.82) is 0 Å². The summed E-state index contributed by atoms with van der Waals surface area (Å²) in [4.78, 5) is 15.2. The van der Waals surface area contributed by atoms with Gasteiger partial charge in [-0.05, 0) is 12.0 Å². The van der Waals surface area contributed by atoms with Crippen molar-refractivity contribution in [2.45, 2.75) is 18.8 Å². The Morgan fingerprint density at radius 1 is 1.35 bits per heavy atom. The SMILES string of the molecule is O=C(O)C(CCc1ncco1)c1ccccc1. The fourth-order valence-electron chi connectivity index (χ4n) is 1.76. The number of oxazole rings is 1. The van der Waals surface area contributed by atoms with Crippen LogP contribution in [0.1, 0.15) is 23.8 Å². The van der Waals surface area contributed by atoms with Crippen molar-refractivity contribution in [3.05, 3.63) is 54.2 Å². The summed E-state index contributed by atoms with van der Waals surface area (Å²) in [6, 6.07) is 9.21. The Hall–Kier alpha value is -2.10. The number of aliphatic carboxylic acids is 1. The molecular formula is C13H13NO3. The summed E-state index contributed by atoms with van der Waals surface area (Å²) < 4.78 is 5.10. The monoisotopic (exact) mass is 231 g/mol. The second-order valence-electron chi connectivity index (χ2n) is 3.77. The predicted molar refractivity (Wildman–Crippen MR) is 61.6 cm³/mol. The van der Waals surface area contributed by atoms with E-state index in [-0.39, 0.29) is 0 Å². The molecule has 0 radical (unpaired) electrons. The number of nitrogens with zero attached hydrogens (tertiary/aromatic N) is 1. The highest BCUT2D eigenvalue weighted by atomic mass is 16.4. The van der Waals surface area contributed by atoms with Gasteiger partial charge in [0.2, 0.25) is 0 Å². The number of carbonyl (C=O) groups is 1. The summed E-state index contributed by atoms with van der Waals surface area (Å²) in [6.07, 6.45) is 4.07. The first-order chi connectivity index (χ1) is 8.27. The van der Waals surface area contributed by atoms with E-state index in [9.17, 15) is 9.90 Å². The minimum atomic E-state index is -0.817. The fraction of sp³-hybridized carbons (Fsp3) is 0.231. The largest absolute Gasteiger partial charge is 0.481 e. The van der Waals surface area contributed by atoms with Crippen molar-refractivity contribution in [3.8, 4) is 0 Å². The van der Waals surface area contributed by atoms with Gasteiger partial charge in [0.25, 0.3) is 0 Å². The van der Waals surface area contributed by atoms with Crippen LogP contribution in [0.25, 0.3) is 0 Å². The molecular weight excluding hydrogens is 218 g/mol. The van der Waals surface area contributed by atoms with Gasteiger partial charge >= 0.3 is 5.97 Å². The summed E-state index contributed by atoms with van der Waals surface area (Å²) in [6.45, 7) is 0. The first-order valence-corrected chi connectivity index (χ1v) is 5.43. The van der Waals surface area contributed by atoms with Crippen LogP contribution in [0.3, 0.4) is 0 Å². The average Bonchev–Trinajstić information content (AvgIpc) is 2.83. The Bertz CT molecular complexity index is 465. The third-order valence-electron chi connectivity index (χ3n) is 2.63. The Balaban J connectivity index is 2.06. The highest BCUT2D eigenvalue weighted by Gasteiger charge is 2.19. The number of rotatable bonds is 5. The van der Waals surface area contributed by atoms with E-state index in [4.69, 9.17) is 4.42 Å². The highest BCUT2D eigenvalue weighted by Crippen LogP contribution is 2.21. The Labute approximate surface area is 98.9 Å². The molecule has 1 atom stereocenters. The summed E-state index contributed by atoms with van der Waals surface area (Å²) in [5.74, 6) is -0.752. The Morgan fingerprint density at radius 2 is 2.12 bits per heavy atom. The van der Waals surface area contributed by atoms with E-state index in [1.165, 1.54) is 6.26 Å². The molecule has 0 aliphatic carbocycles. The molecule has 2 rings (SSSR count). The smallest absolute Gasteiger partial charge is 0.310 e. The van der Waals surface area contributed by atoms with E-state index in [0.29, 0.717) is 18.7 Å². The first-order valence-electron chi connectivity index (χ1n) is 5.43. The minimum Gasteiger partial charge on any atom is -0.481 e.